The molecule has 0 bridgehead atoms. The van der Waals surface area contributed by atoms with Crippen molar-refractivity contribution in [3.8, 4) is 0 Å². The lowest BCUT2D eigenvalue weighted by atomic mass is 10.2. The minimum absolute atomic E-state index is 0.0577. The Labute approximate surface area is 71.8 Å². The number of hydrogen-bond acceptors (Lipinski definition) is 2. The van der Waals surface area contributed by atoms with Crippen molar-refractivity contribution in [1.82, 2.24) is 5.32 Å². The molecule has 1 aromatic carbocycles. The second kappa shape index (κ2) is 3.76. The summed E-state index contributed by atoms with van der Waals surface area (Å²) in [6, 6.07) is 7.30. The van der Waals surface area contributed by atoms with Gasteiger partial charge in [0, 0.05) is 25.3 Å². The number of anilines is 1. The number of amides is 1. The Morgan fingerprint density at radius 2 is 1.75 bits per heavy atom. The van der Waals surface area contributed by atoms with Crippen molar-refractivity contribution in [1.29, 1.82) is 0 Å². The summed E-state index contributed by atoms with van der Waals surface area (Å²) in [7, 11) is 3.46. The molecule has 0 radical (unpaired) electrons. The molecule has 0 unspecified atom stereocenters. The first-order chi connectivity index (χ1) is 5.77. The molecule has 0 aliphatic carbocycles. The highest BCUT2D eigenvalue weighted by Crippen LogP contribution is 2.07. The van der Waals surface area contributed by atoms with E-state index in [1.54, 1.807) is 19.2 Å². The van der Waals surface area contributed by atoms with Crippen molar-refractivity contribution in [2.75, 3.05) is 19.4 Å². The molecule has 1 amide bonds. The van der Waals surface area contributed by atoms with E-state index in [9.17, 15) is 4.79 Å². The largest absolute Gasteiger partial charge is 0.388 e. The van der Waals surface area contributed by atoms with Gasteiger partial charge in [0.25, 0.3) is 5.91 Å². The third-order valence-electron chi connectivity index (χ3n) is 1.66. The standard InChI is InChI=1S/C9H12N2O/c1-10-8-5-3-7(4-6-8)9(12)11-2/h3-6,10H,1-2H3,(H,11,12). The molecule has 0 fully saturated rings. The Kier molecular flexibility index (Phi) is 2.69. The van der Waals surface area contributed by atoms with E-state index in [4.69, 9.17) is 0 Å². The highest BCUT2D eigenvalue weighted by Gasteiger charge is 2.00. The summed E-state index contributed by atoms with van der Waals surface area (Å²) < 4.78 is 0. The topological polar surface area (TPSA) is 41.1 Å². The van der Waals surface area contributed by atoms with Crippen LogP contribution in [0.4, 0.5) is 5.69 Å². The van der Waals surface area contributed by atoms with Gasteiger partial charge in [0.05, 0.1) is 0 Å². The molecule has 0 heterocycles. The quantitative estimate of drug-likeness (QED) is 0.687. The van der Waals surface area contributed by atoms with Gasteiger partial charge < -0.3 is 10.6 Å². The summed E-state index contributed by atoms with van der Waals surface area (Å²) in [6.45, 7) is 0. The van der Waals surface area contributed by atoms with Crippen LogP contribution < -0.4 is 10.6 Å². The van der Waals surface area contributed by atoms with E-state index in [1.807, 2.05) is 19.2 Å². The number of rotatable bonds is 2. The summed E-state index contributed by atoms with van der Waals surface area (Å²) in [6.07, 6.45) is 0. The maximum Gasteiger partial charge on any atom is 0.251 e. The Balaban J connectivity index is 2.84. The number of benzene rings is 1. The van der Waals surface area contributed by atoms with Gasteiger partial charge in [0.1, 0.15) is 0 Å². The fourth-order valence-electron chi connectivity index (χ4n) is 0.933. The molecule has 3 heteroatoms. The molecule has 0 aromatic heterocycles. The van der Waals surface area contributed by atoms with Crippen LogP contribution in [0.3, 0.4) is 0 Å². The van der Waals surface area contributed by atoms with Crippen LogP contribution in [0, 0.1) is 0 Å². The lowest BCUT2D eigenvalue weighted by molar-refractivity contribution is 0.0963. The molecule has 12 heavy (non-hydrogen) atoms. The second-order valence-electron chi connectivity index (χ2n) is 2.41. The average molecular weight is 164 g/mol. The molecule has 1 aromatic rings. The number of carbonyl (C=O) groups is 1. The first-order valence-corrected chi connectivity index (χ1v) is 3.78. The van der Waals surface area contributed by atoms with Crippen LogP contribution in [-0.4, -0.2) is 20.0 Å². The number of nitrogens with one attached hydrogen (secondary N) is 2. The highest BCUT2D eigenvalue weighted by molar-refractivity contribution is 5.94. The Morgan fingerprint density at radius 3 is 2.17 bits per heavy atom. The van der Waals surface area contributed by atoms with Crippen LogP contribution in [0.25, 0.3) is 0 Å². The van der Waals surface area contributed by atoms with Gasteiger partial charge in [0.15, 0.2) is 0 Å². The van der Waals surface area contributed by atoms with Gasteiger partial charge in [-0.05, 0) is 24.3 Å². The van der Waals surface area contributed by atoms with Crippen LogP contribution in [0.5, 0.6) is 0 Å². The minimum atomic E-state index is -0.0577. The van der Waals surface area contributed by atoms with Crippen molar-refractivity contribution in [3.63, 3.8) is 0 Å². The van der Waals surface area contributed by atoms with Gasteiger partial charge in [-0.2, -0.15) is 0 Å². The predicted octanol–water partition coefficient (Wildman–Crippen LogP) is 1.09. The maximum absolute atomic E-state index is 11.1. The Hall–Kier alpha value is -1.51. The van der Waals surface area contributed by atoms with E-state index in [2.05, 4.69) is 10.6 Å². The predicted molar refractivity (Wildman–Crippen MR) is 49.4 cm³/mol. The molecular weight excluding hydrogens is 152 g/mol. The minimum Gasteiger partial charge on any atom is -0.388 e. The second-order valence-corrected chi connectivity index (χ2v) is 2.41. The molecule has 0 saturated carbocycles. The van der Waals surface area contributed by atoms with E-state index in [0.717, 1.165) is 5.69 Å². The Bertz CT molecular complexity index is 266. The molecule has 0 aliphatic heterocycles. The van der Waals surface area contributed by atoms with Gasteiger partial charge in [-0.3, -0.25) is 4.79 Å². The van der Waals surface area contributed by atoms with Crippen molar-refractivity contribution >= 4 is 11.6 Å². The number of carbonyl (C=O) groups excluding carboxylic acids is 1. The van der Waals surface area contributed by atoms with Crippen molar-refractivity contribution in [2.24, 2.45) is 0 Å². The van der Waals surface area contributed by atoms with Crippen molar-refractivity contribution in [2.45, 2.75) is 0 Å². The third kappa shape index (κ3) is 1.75. The van der Waals surface area contributed by atoms with Gasteiger partial charge in [-0.1, -0.05) is 0 Å². The first kappa shape index (κ1) is 8.59. The van der Waals surface area contributed by atoms with Crippen LogP contribution in [0.15, 0.2) is 24.3 Å². The Morgan fingerprint density at radius 1 is 1.17 bits per heavy atom. The summed E-state index contributed by atoms with van der Waals surface area (Å²) in [5.74, 6) is -0.0577. The van der Waals surface area contributed by atoms with E-state index in [0.29, 0.717) is 5.56 Å². The molecule has 1 rings (SSSR count). The van der Waals surface area contributed by atoms with Gasteiger partial charge in [-0.25, -0.2) is 0 Å². The summed E-state index contributed by atoms with van der Waals surface area (Å²) in [5.41, 5.74) is 1.68. The first-order valence-electron chi connectivity index (χ1n) is 3.78. The van der Waals surface area contributed by atoms with E-state index in [-0.39, 0.29) is 5.91 Å². The molecule has 0 spiro atoms. The normalized spacial score (nSPS) is 9.17. The van der Waals surface area contributed by atoms with E-state index in [1.165, 1.54) is 0 Å². The zero-order valence-corrected chi connectivity index (χ0v) is 7.22. The SMILES string of the molecule is CNC(=O)c1ccc(NC)cc1. The fourth-order valence-corrected chi connectivity index (χ4v) is 0.933. The van der Waals surface area contributed by atoms with Crippen LogP contribution in [-0.2, 0) is 0 Å². The van der Waals surface area contributed by atoms with Crippen molar-refractivity contribution in [3.05, 3.63) is 29.8 Å². The molecule has 0 atom stereocenters. The zero-order valence-electron chi connectivity index (χ0n) is 7.22. The van der Waals surface area contributed by atoms with E-state index < -0.39 is 0 Å². The zero-order chi connectivity index (χ0) is 8.97. The number of hydrogen-bond donors (Lipinski definition) is 2. The monoisotopic (exact) mass is 164 g/mol. The van der Waals surface area contributed by atoms with Gasteiger partial charge in [-0.15, -0.1) is 0 Å². The molecule has 2 N–H and O–H groups in total. The molecular formula is C9H12N2O. The molecule has 0 saturated heterocycles. The summed E-state index contributed by atoms with van der Waals surface area (Å²) in [5, 5.41) is 5.54. The average Bonchev–Trinajstić information content (AvgIpc) is 2.17. The summed E-state index contributed by atoms with van der Waals surface area (Å²) in [4.78, 5) is 11.1. The molecule has 0 aliphatic rings. The molecule has 64 valence electrons. The fraction of sp³-hybridized carbons (Fsp3) is 0.222. The van der Waals surface area contributed by atoms with Crippen LogP contribution in [0.2, 0.25) is 0 Å². The van der Waals surface area contributed by atoms with Gasteiger partial charge in [0.2, 0.25) is 0 Å². The van der Waals surface area contributed by atoms with Crippen molar-refractivity contribution < 1.29 is 4.79 Å². The lowest BCUT2D eigenvalue weighted by Crippen LogP contribution is -2.17. The van der Waals surface area contributed by atoms with E-state index >= 15 is 0 Å². The van der Waals surface area contributed by atoms with Crippen LogP contribution >= 0.6 is 0 Å². The smallest absolute Gasteiger partial charge is 0.251 e. The van der Waals surface area contributed by atoms with Crippen LogP contribution in [0.1, 0.15) is 10.4 Å². The highest BCUT2D eigenvalue weighted by atomic mass is 16.1. The third-order valence-corrected chi connectivity index (χ3v) is 1.66. The van der Waals surface area contributed by atoms with Gasteiger partial charge >= 0.3 is 0 Å². The lowest BCUT2D eigenvalue weighted by Gasteiger charge is -2.01. The summed E-state index contributed by atoms with van der Waals surface area (Å²) >= 11 is 0. The molecule has 3 nitrogen and oxygen atoms in total. The maximum atomic E-state index is 11.1.